The van der Waals surface area contributed by atoms with Crippen molar-refractivity contribution in [3.8, 4) is 17.6 Å². The van der Waals surface area contributed by atoms with E-state index >= 15 is 0 Å². The van der Waals surface area contributed by atoms with Crippen molar-refractivity contribution in [1.82, 2.24) is 24.8 Å². The van der Waals surface area contributed by atoms with E-state index in [1.807, 2.05) is 38.1 Å². The lowest BCUT2D eigenvalue weighted by Gasteiger charge is -2.27. The number of hydrogen-bond donors (Lipinski definition) is 2. The summed E-state index contributed by atoms with van der Waals surface area (Å²) in [5.74, 6) is 5.56. The minimum Gasteiger partial charge on any atom is -0.502 e. The molecule has 0 aliphatic carbocycles. The fourth-order valence-electron chi connectivity index (χ4n) is 3.99. The molecule has 3 heterocycles. The molecule has 1 saturated heterocycles. The largest absolute Gasteiger partial charge is 0.502 e. The molecule has 1 aliphatic heterocycles. The molecule has 2 N–H and O–H groups in total. The number of aromatic amines is 1. The molecule has 0 saturated carbocycles. The number of ketones is 1. The molecule has 2 aromatic heterocycles. The monoisotopic (exact) mass is 471 g/mol. The van der Waals surface area contributed by atoms with Gasteiger partial charge in [0.05, 0.1) is 18.9 Å². The van der Waals surface area contributed by atoms with Crippen LogP contribution in [0.25, 0.3) is 0 Å². The maximum Gasteiger partial charge on any atom is 0.321 e. The summed E-state index contributed by atoms with van der Waals surface area (Å²) < 4.78 is 0. The molecule has 1 atom stereocenters. The first-order valence-corrected chi connectivity index (χ1v) is 11.2. The van der Waals surface area contributed by atoms with Gasteiger partial charge in [-0.1, -0.05) is 24.0 Å². The summed E-state index contributed by atoms with van der Waals surface area (Å²) in [6.45, 7) is 5.79. The normalized spacial score (nSPS) is 15.3. The Morgan fingerprint density at radius 1 is 1.11 bits per heavy atom. The van der Waals surface area contributed by atoms with Crippen LogP contribution < -0.4 is 5.56 Å². The summed E-state index contributed by atoms with van der Waals surface area (Å²) in [6, 6.07) is 10.7. The van der Waals surface area contributed by atoms with Crippen LogP contribution in [0.15, 0.2) is 53.7 Å². The van der Waals surface area contributed by atoms with Crippen LogP contribution in [0.3, 0.4) is 0 Å². The molecule has 1 fully saturated rings. The fraction of sp³-hybridized carbons (Fsp3) is 0.269. The van der Waals surface area contributed by atoms with Crippen LogP contribution in [0.5, 0.6) is 5.75 Å². The Balaban J connectivity index is 1.52. The maximum atomic E-state index is 13.1. The van der Waals surface area contributed by atoms with E-state index in [4.69, 9.17) is 0 Å². The highest BCUT2D eigenvalue weighted by molar-refractivity contribution is 5.92. The number of nitrogens with one attached hydrogen (secondary N) is 1. The fourth-order valence-corrected chi connectivity index (χ4v) is 3.99. The second kappa shape index (κ2) is 9.81. The number of hydrogen-bond acceptors (Lipinski definition) is 6. The van der Waals surface area contributed by atoms with Crippen molar-refractivity contribution in [2.75, 3.05) is 6.54 Å². The zero-order chi connectivity index (χ0) is 25.1. The number of aromatic hydroxyl groups is 1. The zero-order valence-corrected chi connectivity index (χ0v) is 19.6. The smallest absolute Gasteiger partial charge is 0.321 e. The molecular weight excluding hydrogens is 446 g/mol. The van der Waals surface area contributed by atoms with E-state index in [0.29, 0.717) is 17.8 Å². The maximum absolute atomic E-state index is 13.1. The summed E-state index contributed by atoms with van der Waals surface area (Å²) >= 11 is 0. The van der Waals surface area contributed by atoms with Gasteiger partial charge in [-0.05, 0) is 43.7 Å². The molecule has 4 rings (SSSR count). The summed E-state index contributed by atoms with van der Waals surface area (Å²) in [5, 5.41) is 10.0. The van der Waals surface area contributed by atoms with E-state index in [-0.39, 0.29) is 36.1 Å². The number of urea groups is 1. The van der Waals surface area contributed by atoms with Crippen molar-refractivity contribution in [1.29, 1.82) is 0 Å². The first kappa shape index (κ1) is 23.7. The number of nitrogens with zero attached hydrogens (tertiary/aromatic N) is 4. The second-order valence-electron chi connectivity index (χ2n) is 8.57. The average molecular weight is 472 g/mol. The summed E-state index contributed by atoms with van der Waals surface area (Å²) in [6.07, 6.45) is 2.79. The van der Waals surface area contributed by atoms with Gasteiger partial charge in [-0.15, -0.1) is 0 Å². The van der Waals surface area contributed by atoms with Gasteiger partial charge < -0.3 is 19.9 Å². The Kier molecular flexibility index (Phi) is 6.64. The Bertz CT molecular complexity index is 1370. The summed E-state index contributed by atoms with van der Waals surface area (Å²) in [4.78, 5) is 50.0. The molecule has 1 aromatic carbocycles. The predicted molar refractivity (Wildman–Crippen MR) is 129 cm³/mol. The first-order chi connectivity index (χ1) is 16.7. The van der Waals surface area contributed by atoms with Crippen LogP contribution in [-0.2, 0) is 6.54 Å². The van der Waals surface area contributed by atoms with Crippen LogP contribution >= 0.6 is 0 Å². The van der Waals surface area contributed by atoms with Gasteiger partial charge in [0, 0.05) is 36.8 Å². The molecule has 2 amide bonds. The number of carbonyl (C=O) groups excluding carboxylic acids is 2. The third-order valence-corrected chi connectivity index (χ3v) is 5.79. The van der Waals surface area contributed by atoms with Gasteiger partial charge in [0.1, 0.15) is 11.4 Å². The van der Waals surface area contributed by atoms with E-state index in [1.165, 1.54) is 13.3 Å². The Hall–Kier alpha value is -4.45. The standard InChI is InChI=1S/C26H25N5O4/c1-16(2)31-23(14-30(26(31)35)13-22-24(33)25(34)29-15-28-22)20-9-6-18(7-10-20)4-5-19-8-11-21(17(3)32)27-12-19/h6-12,15-16,23,33H,13-14H2,1-3H3,(H,28,29,34). The number of H-pyrrole nitrogens is 1. The van der Waals surface area contributed by atoms with Crippen LogP contribution in [0.1, 0.15) is 59.7 Å². The van der Waals surface area contributed by atoms with Gasteiger partial charge in [0.2, 0.25) is 5.75 Å². The van der Waals surface area contributed by atoms with Crippen molar-refractivity contribution in [2.45, 2.75) is 39.4 Å². The van der Waals surface area contributed by atoms with Crippen LogP contribution in [0, 0.1) is 11.8 Å². The van der Waals surface area contributed by atoms with E-state index in [1.54, 1.807) is 28.1 Å². The Labute approximate surface area is 202 Å². The van der Waals surface area contributed by atoms with Crippen LogP contribution in [0.4, 0.5) is 4.79 Å². The van der Waals surface area contributed by atoms with E-state index in [9.17, 15) is 19.5 Å². The van der Waals surface area contributed by atoms with Crippen molar-refractivity contribution in [2.24, 2.45) is 0 Å². The molecule has 0 bridgehead atoms. The molecule has 1 aliphatic rings. The number of rotatable bonds is 5. The van der Waals surface area contributed by atoms with E-state index < -0.39 is 11.3 Å². The molecule has 9 heteroatoms. The lowest BCUT2D eigenvalue weighted by molar-refractivity contribution is 0.101. The number of amides is 2. The molecule has 0 spiro atoms. The van der Waals surface area contributed by atoms with Crippen molar-refractivity contribution >= 4 is 11.8 Å². The lowest BCUT2D eigenvalue weighted by atomic mass is 10.0. The Morgan fingerprint density at radius 3 is 2.43 bits per heavy atom. The number of aromatic nitrogens is 3. The third-order valence-electron chi connectivity index (χ3n) is 5.79. The minimum absolute atomic E-state index is 0.0360. The topological polar surface area (TPSA) is 119 Å². The number of Topliss-reactive ketones (excluding diaryl/α,β-unsaturated/α-hetero) is 1. The predicted octanol–water partition coefficient (Wildman–Crippen LogP) is 2.86. The summed E-state index contributed by atoms with van der Waals surface area (Å²) in [7, 11) is 0. The average Bonchev–Trinajstić information content (AvgIpc) is 3.17. The zero-order valence-electron chi connectivity index (χ0n) is 19.6. The minimum atomic E-state index is -0.638. The number of carbonyl (C=O) groups is 2. The molecule has 9 nitrogen and oxygen atoms in total. The molecule has 178 valence electrons. The van der Waals surface area contributed by atoms with Crippen molar-refractivity contribution in [3.63, 3.8) is 0 Å². The van der Waals surface area contributed by atoms with Crippen molar-refractivity contribution < 1.29 is 14.7 Å². The summed E-state index contributed by atoms with van der Waals surface area (Å²) in [5.41, 5.74) is 2.39. The Morgan fingerprint density at radius 2 is 1.80 bits per heavy atom. The van der Waals surface area contributed by atoms with Gasteiger partial charge in [-0.3, -0.25) is 14.6 Å². The highest BCUT2D eigenvalue weighted by Crippen LogP contribution is 2.32. The van der Waals surface area contributed by atoms with Gasteiger partial charge in [-0.2, -0.15) is 0 Å². The number of benzene rings is 1. The molecule has 1 unspecified atom stereocenters. The molecule has 3 aromatic rings. The SMILES string of the molecule is CC(=O)c1ccc(C#Cc2ccc(C3CN(Cc4nc[nH]c(=O)c4O)C(=O)N3C(C)C)cc2)cn1. The van der Waals surface area contributed by atoms with Gasteiger partial charge >= 0.3 is 6.03 Å². The lowest BCUT2D eigenvalue weighted by Crippen LogP contribution is -2.37. The molecule has 0 radical (unpaired) electrons. The van der Waals surface area contributed by atoms with Gasteiger partial charge in [-0.25, -0.2) is 9.78 Å². The number of pyridine rings is 1. The van der Waals surface area contributed by atoms with E-state index in [0.717, 1.165) is 11.1 Å². The van der Waals surface area contributed by atoms with Gasteiger partial charge in [0.15, 0.2) is 5.78 Å². The van der Waals surface area contributed by atoms with Crippen molar-refractivity contribution in [3.05, 3.63) is 87.4 Å². The highest BCUT2D eigenvalue weighted by atomic mass is 16.3. The first-order valence-electron chi connectivity index (χ1n) is 11.2. The van der Waals surface area contributed by atoms with Crippen LogP contribution in [0.2, 0.25) is 0 Å². The van der Waals surface area contributed by atoms with Crippen LogP contribution in [-0.4, -0.2) is 54.3 Å². The van der Waals surface area contributed by atoms with Gasteiger partial charge in [0.25, 0.3) is 5.56 Å². The highest BCUT2D eigenvalue weighted by Gasteiger charge is 2.39. The molecular formula is C26H25N5O4. The second-order valence-corrected chi connectivity index (χ2v) is 8.57. The third kappa shape index (κ3) is 5.06. The molecule has 35 heavy (non-hydrogen) atoms. The quantitative estimate of drug-likeness (QED) is 0.436. The van der Waals surface area contributed by atoms with E-state index in [2.05, 4.69) is 26.8 Å².